The zero-order valence-corrected chi connectivity index (χ0v) is 13.7. The number of nitriles is 1. The molecule has 2 rings (SSSR count). The van der Waals surface area contributed by atoms with Crippen molar-refractivity contribution >= 4 is 23.4 Å². The summed E-state index contributed by atoms with van der Waals surface area (Å²) in [4.78, 5) is 16.2. The van der Waals surface area contributed by atoms with Crippen LogP contribution < -0.4 is 5.32 Å². The lowest BCUT2D eigenvalue weighted by molar-refractivity contribution is -0.141. The molecular formula is C17H15F2N3OS. The maximum atomic E-state index is 14.2. The van der Waals surface area contributed by atoms with E-state index in [-0.39, 0.29) is 11.6 Å². The minimum absolute atomic E-state index is 0.186. The van der Waals surface area contributed by atoms with Crippen LogP contribution in [0.5, 0.6) is 0 Å². The molecule has 1 aromatic carbocycles. The smallest absolute Gasteiger partial charge is 0.319 e. The Morgan fingerprint density at radius 2 is 2.04 bits per heavy atom. The summed E-state index contributed by atoms with van der Waals surface area (Å²) in [7, 11) is 0. The highest BCUT2D eigenvalue weighted by atomic mass is 32.2. The molecule has 0 radical (unpaired) electrons. The number of amides is 1. The van der Waals surface area contributed by atoms with E-state index < -0.39 is 17.5 Å². The summed E-state index contributed by atoms with van der Waals surface area (Å²) in [5.74, 6) is -4.87. The van der Waals surface area contributed by atoms with Gasteiger partial charge in [0.15, 0.2) is 0 Å². The molecule has 0 saturated carbocycles. The first kappa shape index (κ1) is 17.9. The van der Waals surface area contributed by atoms with E-state index >= 15 is 0 Å². The summed E-state index contributed by atoms with van der Waals surface area (Å²) >= 11 is 1.33. The van der Waals surface area contributed by atoms with Crippen molar-refractivity contribution in [2.24, 2.45) is 5.92 Å². The average molecular weight is 347 g/mol. The number of rotatable bonds is 6. The van der Waals surface area contributed by atoms with Gasteiger partial charge in [-0.1, -0.05) is 18.2 Å². The van der Waals surface area contributed by atoms with Crippen LogP contribution in [0.1, 0.15) is 12.6 Å². The van der Waals surface area contributed by atoms with Crippen LogP contribution in [0.4, 0.5) is 14.5 Å². The third kappa shape index (κ3) is 4.30. The summed E-state index contributed by atoms with van der Waals surface area (Å²) < 4.78 is 28.4. The van der Waals surface area contributed by atoms with Crippen LogP contribution in [0.3, 0.4) is 0 Å². The molecule has 0 aliphatic heterocycles. The predicted molar refractivity (Wildman–Crippen MR) is 88.7 cm³/mol. The topological polar surface area (TPSA) is 65.8 Å². The Morgan fingerprint density at radius 1 is 1.33 bits per heavy atom. The second kappa shape index (κ2) is 7.88. The third-order valence-electron chi connectivity index (χ3n) is 3.12. The van der Waals surface area contributed by atoms with Crippen LogP contribution >= 0.6 is 11.8 Å². The highest BCUT2D eigenvalue weighted by Gasteiger charge is 2.42. The van der Waals surface area contributed by atoms with Crippen molar-refractivity contribution in [2.45, 2.75) is 17.7 Å². The predicted octanol–water partition coefficient (Wildman–Crippen LogP) is 4.06. The number of hydrogen-bond donors (Lipinski definition) is 1. The average Bonchev–Trinajstić information content (AvgIpc) is 2.61. The molecule has 1 amide bonds. The Balaban J connectivity index is 2.16. The minimum Gasteiger partial charge on any atom is -0.319 e. The third-order valence-corrected chi connectivity index (χ3v) is 4.45. The molecule has 0 bridgehead atoms. The fourth-order valence-corrected chi connectivity index (χ4v) is 2.77. The molecule has 7 heteroatoms. The van der Waals surface area contributed by atoms with E-state index in [1.165, 1.54) is 30.1 Å². The Labute approximate surface area is 142 Å². The fourth-order valence-electron chi connectivity index (χ4n) is 1.81. The van der Waals surface area contributed by atoms with Crippen LogP contribution in [0.2, 0.25) is 0 Å². The van der Waals surface area contributed by atoms with Gasteiger partial charge in [0.05, 0.1) is 17.7 Å². The first-order valence-corrected chi connectivity index (χ1v) is 8.16. The summed E-state index contributed by atoms with van der Waals surface area (Å²) in [5, 5.41) is 11.1. The van der Waals surface area contributed by atoms with Gasteiger partial charge in [-0.2, -0.15) is 14.0 Å². The van der Waals surface area contributed by atoms with E-state index in [2.05, 4.69) is 16.4 Å². The van der Waals surface area contributed by atoms with Gasteiger partial charge in [-0.15, -0.1) is 11.8 Å². The lowest BCUT2D eigenvalue weighted by Crippen LogP contribution is -2.33. The number of carbonyl (C=O) groups excluding carboxylic acids is 1. The van der Waals surface area contributed by atoms with Crippen molar-refractivity contribution in [3.8, 4) is 6.07 Å². The maximum Gasteiger partial charge on any atom is 0.366 e. The van der Waals surface area contributed by atoms with Gasteiger partial charge in [0.2, 0.25) is 0 Å². The van der Waals surface area contributed by atoms with Crippen LogP contribution in [0.15, 0.2) is 53.6 Å². The van der Waals surface area contributed by atoms with Crippen molar-refractivity contribution in [3.05, 3.63) is 54.4 Å². The van der Waals surface area contributed by atoms with Crippen molar-refractivity contribution in [3.63, 3.8) is 0 Å². The normalized spacial score (nSPS) is 12.2. The van der Waals surface area contributed by atoms with Gasteiger partial charge in [0, 0.05) is 16.8 Å². The van der Waals surface area contributed by atoms with Crippen LogP contribution in [-0.4, -0.2) is 16.6 Å². The lowest BCUT2D eigenvalue weighted by Gasteiger charge is -2.17. The van der Waals surface area contributed by atoms with Crippen LogP contribution in [0, 0.1) is 17.2 Å². The number of alkyl halides is 2. The highest BCUT2D eigenvalue weighted by Crippen LogP contribution is 2.32. The van der Waals surface area contributed by atoms with Gasteiger partial charge in [-0.25, -0.2) is 0 Å². The zero-order valence-electron chi connectivity index (χ0n) is 12.9. The Morgan fingerprint density at radius 3 is 2.71 bits per heavy atom. The molecule has 124 valence electrons. The summed E-state index contributed by atoms with van der Waals surface area (Å²) in [5.41, 5.74) is -0.320. The number of anilines is 1. The van der Waals surface area contributed by atoms with Gasteiger partial charge in [-0.05, 0) is 31.2 Å². The number of thioether (sulfide) groups is 1. The fraction of sp³-hybridized carbons (Fsp3) is 0.235. The number of hydrogen-bond acceptors (Lipinski definition) is 4. The van der Waals surface area contributed by atoms with E-state index in [4.69, 9.17) is 5.26 Å². The molecule has 0 spiro atoms. The summed E-state index contributed by atoms with van der Waals surface area (Å²) in [6.07, 6.45) is 1.21. The first-order valence-electron chi connectivity index (χ1n) is 7.17. The number of halogens is 2. The molecule has 4 nitrogen and oxygen atoms in total. The molecule has 1 heterocycles. The largest absolute Gasteiger partial charge is 0.366 e. The number of nitrogens with one attached hydrogen (secondary N) is 1. The summed E-state index contributed by atoms with van der Waals surface area (Å²) in [6, 6.07) is 12.8. The molecule has 1 atom stereocenters. The van der Waals surface area contributed by atoms with Gasteiger partial charge in [0.1, 0.15) is 5.69 Å². The van der Waals surface area contributed by atoms with E-state index in [1.807, 2.05) is 0 Å². The van der Waals surface area contributed by atoms with Gasteiger partial charge in [-0.3, -0.25) is 9.78 Å². The molecule has 0 aliphatic rings. The van der Waals surface area contributed by atoms with Crippen molar-refractivity contribution in [2.75, 3.05) is 11.1 Å². The SMILES string of the molecule is C[C@@H](C#N)CSc1ccccc1NC(=O)C(F)(F)c1ccccn1. The van der Waals surface area contributed by atoms with E-state index in [1.54, 1.807) is 31.2 Å². The maximum absolute atomic E-state index is 14.2. The van der Waals surface area contributed by atoms with E-state index in [9.17, 15) is 13.6 Å². The first-order chi connectivity index (χ1) is 11.4. The second-order valence-corrected chi connectivity index (χ2v) is 6.14. The number of pyridine rings is 1. The van der Waals surface area contributed by atoms with Crippen molar-refractivity contribution in [1.82, 2.24) is 4.98 Å². The Bertz CT molecular complexity index is 747. The van der Waals surface area contributed by atoms with Crippen LogP contribution in [-0.2, 0) is 10.7 Å². The van der Waals surface area contributed by atoms with E-state index in [0.29, 0.717) is 10.6 Å². The molecule has 2 aromatic rings. The monoisotopic (exact) mass is 347 g/mol. The second-order valence-electron chi connectivity index (χ2n) is 5.08. The number of para-hydroxylation sites is 1. The van der Waals surface area contributed by atoms with Crippen molar-refractivity contribution in [1.29, 1.82) is 5.26 Å². The molecule has 0 saturated heterocycles. The van der Waals surface area contributed by atoms with Crippen molar-refractivity contribution < 1.29 is 13.6 Å². The molecule has 0 fully saturated rings. The standard InChI is InChI=1S/C17H15F2N3OS/c1-12(10-20)11-24-14-7-3-2-6-13(14)22-16(23)17(18,19)15-8-4-5-9-21-15/h2-9,12H,11H2,1H3,(H,22,23)/t12-/m0/s1. The van der Waals surface area contributed by atoms with E-state index in [0.717, 1.165) is 6.07 Å². The molecule has 0 unspecified atom stereocenters. The number of benzene rings is 1. The Kier molecular flexibility index (Phi) is 5.88. The highest BCUT2D eigenvalue weighted by molar-refractivity contribution is 7.99. The number of nitrogens with zero attached hydrogens (tertiary/aromatic N) is 2. The molecule has 24 heavy (non-hydrogen) atoms. The van der Waals surface area contributed by atoms with Gasteiger partial charge >= 0.3 is 11.8 Å². The lowest BCUT2D eigenvalue weighted by atomic mass is 10.2. The molecular weight excluding hydrogens is 332 g/mol. The minimum atomic E-state index is -3.74. The van der Waals surface area contributed by atoms with Gasteiger partial charge < -0.3 is 5.32 Å². The van der Waals surface area contributed by atoms with Crippen LogP contribution in [0.25, 0.3) is 0 Å². The molecule has 1 aromatic heterocycles. The van der Waals surface area contributed by atoms with Gasteiger partial charge in [0.25, 0.3) is 0 Å². The molecule has 1 N–H and O–H groups in total. The Hall–Kier alpha value is -2.46. The number of aromatic nitrogens is 1. The quantitative estimate of drug-likeness (QED) is 0.800. The summed E-state index contributed by atoms with van der Waals surface area (Å²) in [6.45, 7) is 1.77. The number of carbonyl (C=O) groups is 1. The molecule has 0 aliphatic carbocycles. The zero-order chi connectivity index (χ0) is 17.6.